The van der Waals surface area contributed by atoms with Crippen LogP contribution < -0.4 is 28.8 Å². The third kappa shape index (κ3) is 965. The Morgan fingerprint density at radius 2 is 0.625 bits per heavy atom. The van der Waals surface area contributed by atoms with E-state index in [0.29, 0.717) is 0 Å². The Bertz CT molecular complexity index is 135. The molecule has 83 valence electrons. The third-order valence-corrected chi connectivity index (χ3v) is 0. The second-order valence-corrected chi connectivity index (χ2v) is 2.25. The van der Waals surface area contributed by atoms with E-state index in [1.165, 1.54) is 0 Å². The first kappa shape index (κ1) is 43.0. The summed E-state index contributed by atoms with van der Waals surface area (Å²) in [7, 11) is -10.9. The summed E-state index contributed by atoms with van der Waals surface area (Å²) in [6.07, 6.45) is 0. The first-order chi connectivity index (χ1) is 5.20. The predicted octanol–water partition coefficient (Wildman–Crippen LogP) is -9.93. The van der Waals surface area contributed by atoms with Gasteiger partial charge >= 0.3 is 75.5 Å². The largest absolute Gasteiger partial charge is 3.00 e. The van der Waals surface area contributed by atoms with Gasteiger partial charge in [-0.2, -0.15) is 0 Å². The second kappa shape index (κ2) is 36.0. The molecule has 0 N–H and O–H groups in total. The van der Waals surface area contributed by atoms with Crippen LogP contribution in [0.2, 0.25) is 0 Å². The maximum Gasteiger partial charge on any atom is 3.00 e. The van der Waals surface area contributed by atoms with Crippen molar-refractivity contribution in [3.8, 4) is 0 Å². The quantitative estimate of drug-likeness (QED) is 0.221. The molecule has 0 aliphatic rings. The summed E-state index contributed by atoms with van der Waals surface area (Å²) in [6, 6.07) is 0. The van der Waals surface area contributed by atoms with Crippen LogP contribution in [0.1, 0.15) is 2.85 Å². The number of hydrogen-bond acceptors (Lipinski definition) is 9. The zero-order valence-corrected chi connectivity index (χ0v) is 19.9. The minimum atomic E-state index is -3.63. The van der Waals surface area contributed by atoms with Gasteiger partial charge in [-0.15, -0.1) is 0 Å². The molecule has 0 aliphatic carbocycles. The molecule has 0 fully saturated rings. The van der Waals surface area contributed by atoms with Crippen LogP contribution in [0.25, 0.3) is 0 Å². The molecule has 0 atom stereocenters. The molecule has 0 aliphatic heterocycles. The molecule has 16 heavy (non-hydrogen) atoms. The van der Waals surface area contributed by atoms with E-state index in [9.17, 15) is 0 Å². The molecule has 0 bridgehead atoms. The molecule has 0 aromatic carbocycles. The van der Waals surface area contributed by atoms with Gasteiger partial charge in [-0.05, 0) is 0 Å². The van der Waals surface area contributed by atoms with Gasteiger partial charge in [0.2, 0.25) is 0 Å². The zero-order valence-electron chi connectivity index (χ0n) is 9.35. The van der Waals surface area contributed by atoms with Crippen molar-refractivity contribution in [2.24, 2.45) is 0 Å². The van der Waals surface area contributed by atoms with Crippen LogP contribution >= 0.6 is 0 Å². The molecule has 0 rings (SSSR count). The van der Waals surface area contributed by atoms with E-state index in [1.54, 1.807) is 0 Å². The first-order valence-electron chi connectivity index (χ1n) is 1.84. The Morgan fingerprint density at radius 3 is 0.625 bits per heavy atom. The molecule has 16 heteroatoms. The van der Waals surface area contributed by atoms with Gasteiger partial charge in [0.05, 0.1) is 0 Å². The van der Waals surface area contributed by atoms with Gasteiger partial charge < -0.3 is 45.0 Å². The van der Waals surface area contributed by atoms with Gasteiger partial charge in [-0.1, -0.05) is 0 Å². The molecular formula is H2AlBi2MgO9Si3. The van der Waals surface area contributed by atoms with Crippen molar-refractivity contribution in [1.82, 2.24) is 0 Å². The summed E-state index contributed by atoms with van der Waals surface area (Å²) >= 11 is 0. The monoisotopic (exact) mass is 699 g/mol. The zero-order chi connectivity index (χ0) is 10.7. The van der Waals surface area contributed by atoms with E-state index < -0.39 is 27.5 Å². The number of hydrogen-bond donors (Lipinski definition) is 0. The summed E-state index contributed by atoms with van der Waals surface area (Å²) in [6.45, 7) is 0. The standard InChI is InChI=1S/Al.2Bi.Mg.3O3Si.2H/c;;;;3*1-4(2)3;;/q;2*+3;+2;3*-2;2*-1. The molecule has 0 aromatic heterocycles. The topological polar surface area (TPSA) is 190 Å². The Labute approximate surface area is 163 Å². The van der Waals surface area contributed by atoms with Gasteiger partial charge in [-0.25, -0.2) is 0 Å². The van der Waals surface area contributed by atoms with Crippen molar-refractivity contribution in [3.63, 3.8) is 0 Å². The first-order valence-corrected chi connectivity index (χ1v) is 5.51. The Morgan fingerprint density at radius 1 is 0.625 bits per heavy atom. The molecule has 9 nitrogen and oxygen atoms in total. The summed E-state index contributed by atoms with van der Waals surface area (Å²) in [5.41, 5.74) is 0. The van der Waals surface area contributed by atoms with Crippen LogP contribution in [-0.4, -0.2) is 120 Å². The normalized spacial score (nSPS) is 4.50. The molecule has 0 unspecified atom stereocenters. The van der Waals surface area contributed by atoms with Crippen LogP contribution in [-0.2, 0) is 13.4 Å². The summed E-state index contributed by atoms with van der Waals surface area (Å²) in [5, 5.41) is 0. The summed E-state index contributed by atoms with van der Waals surface area (Å²) in [5.74, 6) is 0. The van der Waals surface area contributed by atoms with E-state index >= 15 is 0 Å². The fraction of sp³-hybridized carbons (Fsp3) is 0. The Balaban J connectivity index is -0.00000000827. The van der Waals surface area contributed by atoms with Crippen LogP contribution in [0.5, 0.6) is 0 Å². The maximum absolute atomic E-state index is 8.52. The van der Waals surface area contributed by atoms with Crippen molar-refractivity contribution in [3.05, 3.63) is 0 Å². The molecule has 0 spiro atoms. The van der Waals surface area contributed by atoms with Crippen molar-refractivity contribution >= 4 is 120 Å². The van der Waals surface area contributed by atoms with Gasteiger partial charge in [0.15, 0.2) is 0 Å². The summed E-state index contributed by atoms with van der Waals surface area (Å²) in [4.78, 5) is 51.1. The molecule has 0 saturated carbocycles. The van der Waals surface area contributed by atoms with E-state index in [4.69, 9.17) is 42.2 Å². The maximum atomic E-state index is 8.52. The fourth-order valence-electron chi connectivity index (χ4n) is 0. The van der Waals surface area contributed by atoms with Gasteiger partial charge in [-0.3, -0.25) is 0 Å². The van der Waals surface area contributed by atoms with Crippen LogP contribution in [0.15, 0.2) is 0 Å². The summed E-state index contributed by atoms with van der Waals surface area (Å²) < 4.78 is 25.6. The second-order valence-electron chi connectivity index (χ2n) is 0.750. The van der Waals surface area contributed by atoms with E-state index in [1.807, 2.05) is 0 Å². The minimum Gasteiger partial charge on any atom is -1.00 e. The molecule has 0 saturated heterocycles. The number of rotatable bonds is 0. The van der Waals surface area contributed by atoms with Crippen LogP contribution in [0.4, 0.5) is 0 Å². The predicted molar refractivity (Wildman–Crippen MR) is 44.6 cm³/mol. The van der Waals surface area contributed by atoms with Crippen LogP contribution in [0.3, 0.4) is 0 Å². The third-order valence-electron chi connectivity index (χ3n) is 0. The molecular weight excluding hydrogens is 697 g/mol. The SMILES string of the molecule is O=[Si]([O-])[O-].O=[Si]([O-])[O-].O=[Si]([O-])[O-].[Al].[Bi+3].[Bi+3].[H-].[H-].[Mg+2]. The Kier molecular flexibility index (Phi) is 96.7. The molecule has 7 radical (unpaired) electrons. The smallest absolute Gasteiger partial charge is 1.00 e. The van der Waals surface area contributed by atoms with Gasteiger partial charge in [0.25, 0.3) is 0 Å². The van der Waals surface area contributed by atoms with Gasteiger partial charge in [0, 0.05) is 44.9 Å². The van der Waals surface area contributed by atoms with Crippen molar-refractivity contribution in [2.75, 3.05) is 0 Å². The molecule has 0 aromatic rings. The van der Waals surface area contributed by atoms with E-state index in [-0.39, 0.29) is 95.7 Å². The van der Waals surface area contributed by atoms with Crippen molar-refractivity contribution < 1.29 is 45.0 Å². The molecule has 0 amide bonds. The molecule has 0 heterocycles. The van der Waals surface area contributed by atoms with Crippen molar-refractivity contribution in [2.45, 2.75) is 0 Å². The van der Waals surface area contributed by atoms with Crippen LogP contribution in [0, 0.1) is 0 Å². The fourth-order valence-corrected chi connectivity index (χ4v) is 0. The Hall–Kier alpha value is 1.92. The average Bonchev–Trinajstić information content (AvgIpc) is 1.54. The van der Waals surface area contributed by atoms with E-state index in [2.05, 4.69) is 0 Å². The van der Waals surface area contributed by atoms with Crippen molar-refractivity contribution in [1.29, 1.82) is 0 Å². The van der Waals surface area contributed by atoms with E-state index in [0.717, 1.165) is 0 Å². The van der Waals surface area contributed by atoms with Gasteiger partial charge in [0.1, 0.15) is 0 Å². The minimum absolute atomic E-state index is 0. The average molecular weight is 700 g/mol.